The molecule has 0 spiro atoms. The van der Waals surface area contributed by atoms with Gasteiger partial charge in [-0.3, -0.25) is 0 Å². The lowest BCUT2D eigenvalue weighted by atomic mass is 9.92. The molecular formula is C23H20. The number of rotatable bonds is 4. The average molecular weight is 296 g/mol. The van der Waals surface area contributed by atoms with Crippen LogP contribution >= 0.6 is 0 Å². The van der Waals surface area contributed by atoms with Gasteiger partial charge in [-0.1, -0.05) is 91.5 Å². The zero-order chi connectivity index (χ0) is 16.2. The number of hydrogen-bond donors (Lipinski definition) is 0. The Morgan fingerprint density at radius 1 is 0.783 bits per heavy atom. The fraction of sp³-hybridized carbons (Fsp3) is 0.0435. The monoisotopic (exact) mass is 296 g/mol. The van der Waals surface area contributed by atoms with Gasteiger partial charge < -0.3 is 0 Å². The largest absolute Gasteiger partial charge is 0.0985 e. The molecule has 0 N–H and O–H groups in total. The van der Waals surface area contributed by atoms with E-state index in [0.29, 0.717) is 0 Å². The van der Waals surface area contributed by atoms with Crippen molar-refractivity contribution in [3.8, 4) is 22.3 Å². The minimum Gasteiger partial charge on any atom is -0.0985 e. The Bertz CT molecular complexity index is 851. The maximum absolute atomic E-state index is 4.05. The zero-order valence-electron chi connectivity index (χ0n) is 13.4. The maximum Gasteiger partial charge on any atom is -0.0105 e. The van der Waals surface area contributed by atoms with Crippen molar-refractivity contribution in [2.24, 2.45) is 0 Å². The zero-order valence-corrected chi connectivity index (χ0v) is 13.4. The summed E-state index contributed by atoms with van der Waals surface area (Å²) >= 11 is 0. The number of hydrogen-bond acceptors (Lipinski definition) is 0. The second kappa shape index (κ2) is 6.50. The van der Waals surface area contributed by atoms with Gasteiger partial charge in [0.2, 0.25) is 0 Å². The normalized spacial score (nSPS) is 10.3. The molecule has 0 bridgehead atoms. The van der Waals surface area contributed by atoms with E-state index < -0.39 is 0 Å². The maximum atomic E-state index is 4.05. The molecule has 0 heteroatoms. The van der Waals surface area contributed by atoms with Crippen LogP contribution in [-0.2, 0) is 0 Å². The minimum atomic E-state index is 0.944. The summed E-state index contributed by atoms with van der Waals surface area (Å²) in [6.07, 6.45) is 1.80. The van der Waals surface area contributed by atoms with Crippen molar-refractivity contribution in [3.05, 3.63) is 103 Å². The Labute approximate surface area is 138 Å². The molecule has 0 atom stereocenters. The number of allylic oxidation sites excluding steroid dienone is 2. The third-order valence-electron chi connectivity index (χ3n) is 4.08. The van der Waals surface area contributed by atoms with Crippen LogP contribution < -0.4 is 0 Å². The van der Waals surface area contributed by atoms with Crippen molar-refractivity contribution in [2.45, 2.75) is 6.92 Å². The molecule has 0 unspecified atom stereocenters. The molecule has 3 rings (SSSR count). The van der Waals surface area contributed by atoms with Crippen LogP contribution in [0.3, 0.4) is 0 Å². The van der Waals surface area contributed by atoms with Crippen LogP contribution in [0, 0.1) is 6.92 Å². The molecule has 0 nitrogen and oxygen atoms in total. The molecular weight excluding hydrogens is 276 g/mol. The Morgan fingerprint density at radius 3 is 2.09 bits per heavy atom. The SMILES string of the molecule is C=CC(=C)c1cccc(-c2ccccc2-c2ccc(C)cc2)c1. The van der Waals surface area contributed by atoms with E-state index in [1.807, 2.05) is 0 Å². The highest BCUT2D eigenvalue weighted by Crippen LogP contribution is 2.33. The van der Waals surface area contributed by atoms with Gasteiger partial charge in [0, 0.05) is 0 Å². The summed E-state index contributed by atoms with van der Waals surface area (Å²) in [5, 5.41) is 0. The van der Waals surface area contributed by atoms with Crippen LogP contribution in [-0.4, -0.2) is 0 Å². The molecule has 3 aromatic rings. The van der Waals surface area contributed by atoms with Gasteiger partial charge >= 0.3 is 0 Å². The molecule has 0 saturated heterocycles. The number of aryl methyl sites for hydroxylation is 1. The standard InChI is InChI=1S/C23H20/c1-4-18(3)20-8-7-9-21(16-20)23-11-6-5-10-22(23)19-14-12-17(2)13-15-19/h4-16H,1,3H2,2H3. The van der Waals surface area contributed by atoms with E-state index in [4.69, 9.17) is 0 Å². The lowest BCUT2D eigenvalue weighted by Crippen LogP contribution is -1.87. The summed E-state index contributed by atoms with van der Waals surface area (Å²) in [6, 6.07) is 25.7. The smallest absolute Gasteiger partial charge is 0.0105 e. The fourth-order valence-electron chi connectivity index (χ4n) is 2.72. The van der Waals surface area contributed by atoms with Gasteiger partial charge in [0.15, 0.2) is 0 Å². The van der Waals surface area contributed by atoms with Crippen molar-refractivity contribution < 1.29 is 0 Å². The first-order valence-corrected chi connectivity index (χ1v) is 7.77. The van der Waals surface area contributed by atoms with E-state index >= 15 is 0 Å². The Kier molecular flexibility index (Phi) is 4.25. The van der Waals surface area contributed by atoms with E-state index in [1.165, 1.54) is 27.8 Å². The van der Waals surface area contributed by atoms with Crippen LogP contribution in [0.1, 0.15) is 11.1 Å². The molecule has 0 saturated carbocycles. The van der Waals surface area contributed by atoms with Gasteiger partial charge in [0.05, 0.1) is 0 Å². The van der Waals surface area contributed by atoms with Gasteiger partial charge in [0.25, 0.3) is 0 Å². The lowest BCUT2D eigenvalue weighted by molar-refractivity contribution is 1.47. The van der Waals surface area contributed by atoms with Gasteiger partial charge in [-0.25, -0.2) is 0 Å². The molecule has 3 aromatic carbocycles. The van der Waals surface area contributed by atoms with E-state index in [2.05, 4.69) is 92.9 Å². The van der Waals surface area contributed by atoms with Gasteiger partial charge in [-0.15, -0.1) is 0 Å². The Morgan fingerprint density at radius 2 is 1.43 bits per heavy atom. The van der Waals surface area contributed by atoms with E-state index in [-0.39, 0.29) is 0 Å². The molecule has 112 valence electrons. The first-order chi connectivity index (χ1) is 11.2. The molecule has 0 radical (unpaired) electrons. The van der Waals surface area contributed by atoms with Crippen molar-refractivity contribution >= 4 is 5.57 Å². The average Bonchev–Trinajstić information content (AvgIpc) is 2.62. The third-order valence-corrected chi connectivity index (χ3v) is 4.08. The topological polar surface area (TPSA) is 0 Å². The highest BCUT2D eigenvalue weighted by atomic mass is 14.1. The second-order valence-corrected chi connectivity index (χ2v) is 5.72. The summed E-state index contributed by atoms with van der Waals surface area (Å²) in [5.74, 6) is 0. The molecule has 23 heavy (non-hydrogen) atoms. The quantitative estimate of drug-likeness (QED) is 0.480. The predicted molar refractivity (Wildman–Crippen MR) is 101 cm³/mol. The molecule has 0 aliphatic rings. The Balaban J connectivity index is 2.12. The lowest BCUT2D eigenvalue weighted by Gasteiger charge is -2.12. The van der Waals surface area contributed by atoms with Gasteiger partial charge in [0.1, 0.15) is 0 Å². The van der Waals surface area contributed by atoms with E-state index in [0.717, 1.165) is 11.1 Å². The molecule has 0 aliphatic heterocycles. The van der Waals surface area contributed by atoms with Gasteiger partial charge in [-0.05, 0) is 46.4 Å². The van der Waals surface area contributed by atoms with Crippen LogP contribution in [0.4, 0.5) is 0 Å². The first-order valence-electron chi connectivity index (χ1n) is 7.77. The highest BCUT2D eigenvalue weighted by molar-refractivity contribution is 5.85. The van der Waals surface area contributed by atoms with Crippen LogP contribution in [0.2, 0.25) is 0 Å². The third kappa shape index (κ3) is 3.17. The van der Waals surface area contributed by atoms with Gasteiger partial charge in [-0.2, -0.15) is 0 Å². The van der Waals surface area contributed by atoms with E-state index in [1.54, 1.807) is 6.08 Å². The molecule has 0 aromatic heterocycles. The second-order valence-electron chi connectivity index (χ2n) is 5.72. The fourth-order valence-corrected chi connectivity index (χ4v) is 2.72. The van der Waals surface area contributed by atoms with Crippen molar-refractivity contribution in [2.75, 3.05) is 0 Å². The summed E-state index contributed by atoms with van der Waals surface area (Å²) in [4.78, 5) is 0. The molecule has 0 fully saturated rings. The van der Waals surface area contributed by atoms with Crippen LogP contribution in [0.15, 0.2) is 92.0 Å². The summed E-state index contributed by atoms with van der Waals surface area (Å²) < 4.78 is 0. The summed E-state index contributed by atoms with van der Waals surface area (Å²) in [5.41, 5.74) is 8.23. The van der Waals surface area contributed by atoms with Crippen LogP contribution in [0.25, 0.3) is 27.8 Å². The first kappa shape index (κ1) is 15.1. The Hall–Kier alpha value is -2.86. The molecule has 0 heterocycles. The van der Waals surface area contributed by atoms with Crippen molar-refractivity contribution in [1.29, 1.82) is 0 Å². The summed E-state index contributed by atoms with van der Waals surface area (Å²) in [6.45, 7) is 9.97. The number of benzene rings is 3. The summed E-state index contributed by atoms with van der Waals surface area (Å²) in [7, 11) is 0. The highest BCUT2D eigenvalue weighted by Gasteiger charge is 2.07. The van der Waals surface area contributed by atoms with E-state index in [9.17, 15) is 0 Å². The molecule has 0 aliphatic carbocycles. The molecule has 0 amide bonds. The van der Waals surface area contributed by atoms with Crippen molar-refractivity contribution in [3.63, 3.8) is 0 Å². The van der Waals surface area contributed by atoms with Crippen LogP contribution in [0.5, 0.6) is 0 Å². The predicted octanol–water partition coefficient (Wildman–Crippen LogP) is 6.53. The minimum absolute atomic E-state index is 0.944. The van der Waals surface area contributed by atoms with Crippen molar-refractivity contribution in [1.82, 2.24) is 0 Å².